The van der Waals surface area contributed by atoms with Gasteiger partial charge in [0, 0.05) is 13.1 Å². The average Bonchev–Trinajstić information content (AvgIpc) is 2.91. The SMILES string of the molecule is CCCNC(=O)C(CC)N(Cc1cccc(C)c1)C(=O)CN(c1ccc(C)cc1C)S(=O)(=O)c1ccccc1. The minimum absolute atomic E-state index is 0.0933. The van der Waals surface area contributed by atoms with Gasteiger partial charge in [-0.1, -0.05) is 79.6 Å². The van der Waals surface area contributed by atoms with E-state index in [4.69, 9.17) is 0 Å². The number of anilines is 1. The van der Waals surface area contributed by atoms with Crippen LogP contribution in [-0.4, -0.2) is 44.3 Å². The minimum atomic E-state index is -4.08. The molecular weight excluding hydrogens is 510 g/mol. The second kappa shape index (κ2) is 13.4. The van der Waals surface area contributed by atoms with Crippen LogP contribution in [0.15, 0.2) is 77.7 Å². The number of benzene rings is 3. The highest BCUT2D eigenvalue weighted by Gasteiger charge is 2.34. The minimum Gasteiger partial charge on any atom is -0.354 e. The Morgan fingerprint density at radius 1 is 0.872 bits per heavy atom. The Kier molecular flexibility index (Phi) is 10.3. The maximum Gasteiger partial charge on any atom is 0.264 e. The molecule has 0 aromatic heterocycles. The van der Waals surface area contributed by atoms with E-state index in [2.05, 4.69) is 5.32 Å². The fourth-order valence-corrected chi connectivity index (χ4v) is 6.11. The molecule has 0 aliphatic carbocycles. The lowest BCUT2D eigenvalue weighted by atomic mass is 10.1. The van der Waals surface area contributed by atoms with Gasteiger partial charge >= 0.3 is 0 Å². The number of sulfonamides is 1. The Hall–Kier alpha value is -3.65. The van der Waals surface area contributed by atoms with Gasteiger partial charge in [-0.15, -0.1) is 0 Å². The molecule has 0 heterocycles. The fourth-order valence-electron chi connectivity index (χ4n) is 4.61. The van der Waals surface area contributed by atoms with E-state index in [1.54, 1.807) is 24.3 Å². The van der Waals surface area contributed by atoms with E-state index in [9.17, 15) is 18.0 Å². The molecule has 8 heteroatoms. The maximum atomic E-state index is 14.1. The highest BCUT2D eigenvalue weighted by atomic mass is 32.2. The molecule has 0 saturated heterocycles. The van der Waals surface area contributed by atoms with Gasteiger partial charge in [0.05, 0.1) is 10.6 Å². The van der Waals surface area contributed by atoms with Crippen molar-refractivity contribution in [2.45, 2.75) is 64.9 Å². The predicted octanol–water partition coefficient (Wildman–Crippen LogP) is 5.14. The van der Waals surface area contributed by atoms with Gasteiger partial charge in [-0.25, -0.2) is 8.42 Å². The first-order valence-corrected chi connectivity index (χ1v) is 14.8. The molecule has 3 aromatic rings. The number of hydrogen-bond donors (Lipinski definition) is 1. The molecule has 7 nitrogen and oxygen atoms in total. The number of hydrogen-bond acceptors (Lipinski definition) is 4. The molecule has 0 radical (unpaired) electrons. The van der Waals surface area contributed by atoms with Crippen LogP contribution in [0.1, 0.15) is 48.9 Å². The predicted molar refractivity (Wildman–Crippen MR) is 156 cm³/mol. The van der Waals surface area contributed by atoms with Crippen LogP contribution in [0.25, 0.3) is 0 Å². The second-order valence-corrected chi connectivity index (χ2v) is 11.7. The lowest BCUT2D eigenvalue weighted by molar-refractivity contribution is -0.140. The van der Waals surface area contributed by atoms with Crippen molar-refractivity contribution < 1.29 is 18.0 Å². The smallest absolute Gasteiger partial charge is 0.264 e. The standard InChI is InChI=1S/C31H39N3O4S/c1-6-18-32-31(36)28(7-2)33(21-26-13-11-12-23(3)20-26)30(35)22-34(29-17-16-24(4)19-25(29)5)39(37,38)27-14-9-8-10-15-27/h8-17,19-20,28H,6-7,18,21-22H2,1-5H3,(H,32,36). The molecule has 208 valence electrons. The molecule has 39 heavy (non-hydrogen) atoms. The van der Waals surface area contributed by atoms with Crippen molar-refractivity contribution in [3.05, 3.63) is 95.1 Å². The van der Waals surface area contributed by atoms with Crippen molar-refractivity contribution in [3.8, 4) is 0 Å². The Morgan fingerprint density at radius 2 is 1.56 bits per heavy atom. The number of carbonyl (C=O) groups is 2. The topological polar surface area (TPSA) is 86.8 Å². The van der Waals surface area contributed by atoms with Crippen molar-refractivity contribution in [2.24, 2.45) is 0 Å². The van der Waals surface area contributed by atoms with Crippen LogP contribution in [0.4, 0.5) is 5.69 Å². The molecule has 0 aliphatic rings. The summed E-state index contributed by atoms with van der Waals surface area (Å²) in [4.78, 5) is 28.9. The molecule has 2 amide bonds. The normalized spacial score (nSPS) is 12.0. The Bertz CT molecular complexity index is 1390. The molecule has 0 spiro atoms. The third-order valence-corrected chi connectivity index (χ3v) is 8.38. The molecule has 1 N–H and O–H groups in total. The molecule has 0 aliphatic heterocycles. The molecule has 0 saturated carbocycles. The second-order valence-electron chi connectivity index (χ2n) is 9.84. The lowest BCUT2D eigenvalue weighted by Gasteiger charge is -2.33. The summed E-state index contributed by atoms with van der Waals surface area (Å²) in [6.07, 6.45) is 1.16. The first-order chi connectivity index (χ1) is 18.6. The lowest BCUT2D eigenvalue weighted by Crippen LogP contribution is -2.52. The number of carbonyl (C=O) groups excluding carboxylic acids is 2. The van der Waals surface area contributed by atoms with Crippen LogP contribution >= 0.6 is 0 Å². The van der Waals surface area contributed by atoms with E-state index in [1.807, 2.05) is 71.0 Å². The number of nitrogens with one attached hydrogen (secondary N) is 1. The van der Waals surface area contributed by atoms with Crippen LogP contribution in [0, 0.1) is 20.8 Å². The van der Waals surface area contributed by atoms with Crippen molar-refractivity contribution in [3.63, 3.8) is 0 Å². The monoisotopic (exact) mass is 549 g/mol. The van der Waals surface area contributed by atoms with Crippen LogP contribution in [0.2, 0.25) is 0 Å². The van der Waals surface area contributed by atoms with Crippen molar-refractivity contribution in [1.82, 2.24) is 10.2 Å². The van der Waals surface area contributed by atoms with Crippen LogP contribution in [-0.2, 0) is 26.2 Å². The first-order valence-electron chi connectivity index (χ1n) is 13.4. The summed E-state index contributed by atoms with van der Waals surface area (Å²) in [5.41, 5.74) is 4.05. The van der Waals surface area contributed by atoms with Crippen molar-refractivity contribution in [2.75, 3.05) is 17.4 Å². The van der Waals surface area contributed by atoms with Crippen LogP contribution < -0.4 is 9.62 Å². The highest BCUT2D eigenvalue weighted by Crippen LogP contribution is 2.28. The van der Waals surface area contributed by atoms with Crippen LogP contribution in [0.3, 0.4) is 0 Å². The van der Waals surface area contributed by atoms with E-state index < -0.39 is 28.5 Å². The summed E-state index contributed by atoms with van der Waals surface area (Å²) < 4.78 is 29.0. The van der Waals surface area contributed by atoms with E-state index in [1.165, 1.54) is 21.3 Å². The van der Waals surface area contributed by atoms with Gasteiger partial charge in [0.15, 0.2) is 0 Å². The van der Waals surface area contributed by atoms with Crippen molar-refractivity contribution in [1.29, 1.82) is 0 Å². The molecule has 3 rings (SSSR count). The number of rotatable bonds is 12. The quantitative estimate of drug-likeness (QED) is 0.339. The van der Waals surface area contributed by atoms with E-state index in [0.29, 0.717) is 18.7 Å². The summed E-state index contributed by atoms with van der Waals surface area (Å²) in [7, 11) is -4.08. The molecular formula is C31H39N3O4S. The van der Waals surface area contributed by atoms with E-state index >= 15 is 0 Å². The van der Waals surface area contributed by atoms with Gasteiger partial charge < -0.3 is 10.2 Å². The number of aryl methyl sites for hydroxylation is 3. The third-order valence-electron chi connectivity index (χ3n) is 6.60. The zero-order valence-corrected chi connectivity index (χ0v) is 24.3. The van der Waals surface area contributed by atoms with Gasteiger partial charge in [-0.05, 0) is 62.9 Å². The summed E-state index contributed by atoms with van der Waals surface area (Å²) in [5, 5.41) is 2.91. The zero-order valence-electron chi connectivity index (χ0n) is 23.5. The third kappa shape index (κ3) is 7.47. The summed E-state index contributed by atoms with van der Waals surface area (Å²) in [5.74, 6) is -0.696. The Balaban J connectivity index is 2.07. The number of nitrogens with zero attached hydrogens (tertiary/aromatic N) is 2. The zero-order chi connectivity index (χ0) is 28.6. The summed E-state index contributed by atoms with van der Waals surface area (Å²) in [6.45, 7) is 9.80. The van der Waals surface area contributed by atoms with E-state index in [0.717, 1.165) is 28.7 Å². The fraction of sp³-hybridized carbons (Fsp3) is 0.355. The van der Waals surface area contributed by atoms with Gasteiger partial charge in [0.2, 0.25) is 11.8 Å². The maximum absolute atomic E-state index is 14.1. The average molecular weight is 550 g/mol. The van der Waals surface area contributed by atoms with Gasteiger partial charge in [0.1, 0.15) is 12.6 Å². The van der Waals surface area contributed by atoms with Crippen LogP contribution in [0.5, 0.6) is 0 Å². The molecule has 0 bridgehead atoms. The highest BCUT2D eigenvalue weighted by molar-refractivity contribution is 7.92. The molecule has 3 aromatic carbocycles. The number of amides is 2. The van der Waals surface area contributed by atoms with Gasteiger partial charge in [0.25, 0.3) is 10.0 Å². The summed E-state index contributed by atoms with van der Waals surface area (Å²) in [6, 6.07) is 20.6. The largest absolute Gasteiger partial charge is 0.354 e. The molecule has 1 atom stereocenters. The first kappa shape index (κ1) is 29.9. The van der Waals surface area contributed by atoms with Crippen molar-refractivity contribution >= 4 is 27.5 Å². The Morgan fingerprint density at radius 3 is 2.18 bits per heavy atom. The molecule has 0 fully saturated rings. The molecule has 1 unspecified atom stereocenters. The summed E-state index contributed by atoms with van der Waals surface area (Å²) >= 11 is 0. The Labute approximate surface area is 232 Å². The van der Waals surface area contributed by atoms with Gasteiger partial charge in [-0.2, -0.15) is 0 Å². The van der Waals surface area contributed by atoms with E-state index in [-0.39, 0.29) is 17.3 Å². The van der Waals surface area contributed by atoms with Gasteiger partial charge in [-0.3, -0.25) is 13.9 Å².